The zero-order valence-corrected chi connectivity index (χ0v) is 14.4. The fraction of sp³-hybridized carbons (Fsp3) is 0.667. The van der Waals surface area contributed by atoms with E-state index in [9.17, 15) is 15.0 Å². The quantitative estimate of drug-likeness (QED) is 0.700. The van der Waals surface area contributed by atoms with Gasteiger partial charge in [0, 0.05) is 37.6 Å². The third-order valence-corrected chi connectivity index (χ3v) is 4.69. The van der Waals surface area contributed by atoms with E-state index in [0.29, 0.717) is 18.0 Å². The van der Waals surface area contributed by atoms with Crippen LogP contribution in [0, 0.1) is 5.92 Å². The first-order valence-corrected chi connectivity index (χ1v) is 8.57. The zero-order chi connectivity index (χ0) is 17.7. The highest BCUT2D eigenvalue weighted by Gasteiger charge is 2.43. The van der Waals surface area contributed by atoms with Crippen molar-refractivity contribution in [3.63, 3.8) is 0 Å². The molecule has 1 aliphatic rings. The molecule has 1 aromatic rings. The molecule has 2 heterocycles. The van der Waals surface area contributed by atoms with Crippen LogP contribution in [0.25, 0.3) is 0 Å². The lowest BCUT2D eigenvalue weighted by Gasteiger charge is -2.31. The fourth-order valence-corrected chi connectivity index (χ4v) is 3.22. The molecule has 6 nitrogen and oxygen atoms in total. The standard InChI is InChI=1S/C18H28N2O4/c1-12(2)9-16(19)18(23,17(21)22)11-15-10-14(3-6-20-15)13-4-7-24-8-5-13/h3,6,10,12-13,16,23H,4-5,7-9,11,19H2,1-2H3,(H,21,22)/t16-,18+/m0/s1. The molecule has 0 radical (unpaired) electrons. The lowest BCUT2D eigenvalue weighted by Crippen LogP contribution is -2.56. The molecular formula is C18H28N2O4. The Balaban J connectivity index is 2.18. The van der Waals surface area contributed by atoms with Crippen LogP contribution in [0.15, 0.2) is 18.3 Å². The number of hydrogen-bond acceptors (Lipinski definition) is 5. The lowest BCUT2D eigenvalue weighted by atomic mass is 9.84. The van der Waals surface area contributed by atoms with Crippen LogP contribution in [-0.4, -0.2) is 46.0 Å². The van der Waals surface area contributed by atoms with Gasteiger partial charge in [0.15, 0.2) is 5.60 Å². The van der Waals surface area contributed by atoms with E-state index in [4.69, 9.17) is 10.5 Å². The van der Waals surface area contributed by atoms with Crippen molar-refractivity contribution in [2.45, 2.75) is 57.1 Å². The number of ether oxygens (including phenoxy) is 1. The minimum atomic E-state index is -2.01. The number of aromatic nitrogens is 1. The third kappa shape index (κ3) is 4.53. The number of pyridine rings is 1. The third-order valence-electron chi connectivity index (χ3n) is 4.69. The first kappa shape index (κ1) is 18.8. The zero-order valence-electron chi connectivity index (χ0n) is 14.4. The van der Waals surface area contributed by atoms with E-state index < -0.39 is 17.6 Å². The number of carboxylic acid groups (broad SMARTS) is 1. The number of aliphatic carboxylic acids is 1. The lowest BCUT2D eigenvalue weighted by molar-refractivity contribution is -0.161. The van der Waals surface area contributed by atoms with Gasteiger partial charge in [-0.25, -0.2) is 4.79 Å². The summed E-state index contributed by atoms with van der Waals surface area (Å²) in [5.41, 5.74) is 5.68. The molecule has 0 unspecified atom stereocenters. The van der Waals surface area contributed by atoms with Crippen molar-refractivity contribution >= 4 is 5.97 Å². The average Bonchev–Trinajstić information content (AvgIpc) is 2.55. The molecular weight excluding hydrogens is 308 g/mol. The van der Waals surface area contributed by atoms with Crippen LogP contribution in [-0.2, 0) is 16.0 Å². The van der Waals surface area contributed by atoms with E-state index in [1.165, 1.54) is 0 Å². The highest BCUT2D eigenvalue weighted by Crippen LogP contribution is 2.28. The first-order chi connectivity index (χ1) is 11.3. The maximum absolute atomic E-state index is 11.7. The molecule has 1 aliphatic heterocycles. The van der Waals surface area contributed by atoms with E-state index in [1.54, 1.807) is 6.20 Å². The number of rotatable bonds is 7. The average molecular weight is 336 g/mol. The Kier molecular flexibility index (Phi) is 6.32. The maximum Gasteiger partial charge on any atom is 0.337 e. The smallest absolute Gasteiger partial charge is 0.337 e. The second-order valence-corrected chi connectivity index (χ2v) is 7.11. The molecule has 0 saturated carbocycles. The van der Waals surface area contributed by atoms with Gasteiger partial charge in [-0.3, -0.25) is 4.98 Å². The Morgan fingerprint density at radius 1 is 1.46 bits per heavy atom. The van der Waals surface area contributed by atoms with Gasteiger partial charge >= 0.3 is 5.97 Å². The Bertz CT molecular complexity index is 558. The van der Waals surface area contributed by atoms with Crippen LogP contribution in [0.3, 0.4) is 0 Å². The number of hydrogen-bond donors (Lipinski definition) is 3. The van der Waals surface area contributed by atoms with Gasteiger partial charge in [0.1, 0.15) is 0 Å². The van der Waals surface area contributed by atoms with Gasteiger partial charge in [0.25, 0.3) is 0 Å². The molecule has 4 N–H and O–H groups in total. The SMILES string of the molecule is CC(C)C[C@H](N)[C@](O)(Cc1cc(C2CCOCC2)ccn1)C(=O)O. The predicted molar refractivity (Wildman–Crippen MR) is 90.8 cm³/mol. The molecule has 1 aromatic heterocycles. The Morgan fingerprint density at radius 3 is 2.71 bits per heavy atom. The number of carboxylic acids is 1. The minimum absolute atomic E-state index is 0.0900. The van der Waals surface area contributed by atoms with E-state index in [0.717, 1.165) is 31.6 Å². The van der Waals surface area contributed by atoms with Gasteiger partial charge in [-0.1, -0.05) is 13.8 Å². The number of nitrogens with zero attached hydrogens (tertiary/aromatic N) is 1. The predicted octanol–water partition coefficient (Wildman–Crippen LogP) is 1.71. The number of nitrogens with two attached hydrogens (primary N) is 1. The molecule has 0 aromatic carbocycles. The molecule has 2 atom stereocenters. The highest BCUT2D eigenvalue weighted by molar-refractivity contribution is 5.78. The van der Waals surface area contributed by atoms with Gasteiger partial charge < -0.3 is 20.7 Å². The summed E-state index contributed by atoms with van der Waals surface area (Å²) >= 11 is 0. The molecule has 134 valence electrons. The van der Waals surface area contributed by atoms with Crippen LogP contribution in [0.2, 0.25) is 0 Å². The van der Waals surface area contributed by atoms with Crippen molar-refractivity contribution < 1.29 is 19.7 Å². The summed E-state index contributed by atoms with van der Waals surface area (Å²) in [6.45, 7) is 5.37. The minimum Gasteiger partial charge on any atom is -0.479 e. The monoisotopic (exact) mass is 336 g/mol. The largest absolute Gasteiger partial charge is 0.479 e. The summed E-state index contributed by atoms with van der Waals surface area (Å²) in [4.78, 5) is 15.9. The molecule has 24 heavy (non-hydrogen) atoms. The van der Waals surface area contributed by atoms with Gasteiger partial charge in [0.2, 0.25) is 0 Å². The van der Waals surface area contributed by atoms with Gasteiger partial charge in [-0.05, 0) is 48.8 Å². The van der Waals surface area contributed by atoms with Crippen molar-refractivity contribution in [3.8, 4) is 0 Å². The van der Waals surface area contributed by atoms with E-state index >= 15 is 0 Å². The fourth-order valence-electron chi connectivity index (χ4n) is 3.22. The summed E-state index contributed by atoms with van der Waals surface area (Å²) in [6, 6.07) is 3.00. The van der Waals surface area contributed by atoms with Crippen molar-refractivity contribution in [2.24, 2.45) is 11.7 Å². The molecule has 1 saturated heterocycles. The second kappa shape index (κ2) is 8.05. The Hall–Kier alpha value is -1.50. The molecule has 1 fully saturated rings. The molecule has 0 amide bonds. The Morgan fingerprint density at radius 2 is 2.12 bits per heavy atom. The van der Waals surface area contributed by atoms with Crippen LogP contribution in [0.4, 0.5) is 0 Å². The van der Waals surface area contributed by atoms with Gasteiger partial charge in [-0.15, -0.1) is 0 Å². The number of carbonyl (C=O) groups is 1. The highest BCUT2D eigenvalue weighted by atomic mass is 16.5. The van der Waals surface area contributed by atoms with E-state index in [1.807, 2.05) is 26.0 Å². The topological polar surface area (TPSA) is 106 Å². The summed E-state index contributed by atoms with van der Waals surface area (Å²) < 4.78 is 5.38. The van der Waals surface area contributed by atoms with Gasteiger partial charge in [0.05, 0.1) is 0 Å². The van der Waals surface area contributed by atoms with Crippen LogP contribution in [0.1, 0.15) is 50.3 Å². The van der Waals surface area contributed by atoms with E-state index in [2.05, 4.69) is 4.98 Å². The molecule has 0 aliphatic carbocycles. The second-order valence-electron chi connectivity index (χ2n) is 7.11. The van der Waals surface area contributed by atoms with Gasteiger partial charge in [-0.2, -0.15) is 0 Å². The summed E-state index contributed by atoms with van der Waals surface area (Å²) in [6.07, 6.45) is 3.91. The summed E-state index contributed by atoms with van der Waals surface area (Å²) in [5.74, 6) is -0.705. The Labute approximate surface area is 143 Å². The van der Waals surface area contributed by atoms with E-state index in [-0.39, 0.29) is 12.3 Å². The molecule has 0 bridgehead atoms. The van der Waals surface area contributed by atoms with Crippen molar-refractivity contribution in [1.29, 1.82) is 0 Å². The van der Waals surface area contributed by atoms with Crippen LogP contribution in [0.5, 0.6) is 0 Å². The molecule has 0 spiro atoms. The summed E-state index contributed by atoms with van der Waals surface area (Å²) in [7, 11) is 0. The molecule has 2 rings (SSSR count). The number of aliphatic hydroxyl groups is 1. The summed E-state index contributed by atoms with van der Waals surface area (Å²) in [5, 5.41) is 20.2. The first-order valence-electron chi connectivity index (χ1n) is 8.57. The van der Waals surface area contributed by atoms with Crippen molar-refractivity contribution in [2.75, 3.05) is 13.2 Å². The van der Waals surface area contributed by atoms with Crippen LogP contribution >= 0.6 is 0 Å². The normalized spacial score (nSPS) is 19.9. The van der Waals surface area contributed by atoms with Crippen LogP contribution < -0.4 is 5.73 Å². The molecule has 6 heteroatoms. The van der Waals surface area contributed by atoms with Crippen molar-refractivity contribution in [1.82, 2.24) is 4.98 Å². The van der Waals surface area contributed by atoms with Crippen molar-refractivity contribution in [3.05, 3.63) is 29.6 Å². The maximum atomic E-state index is 11.7.